The van der Waals surface area contributed by atoms with E-state index < -0.39 is 80.2 Å². The molecule has 2 saturated heterocycles. The van der Waals surface area contributed by atoms with Crippen LogP contribution >= 0.6 is 0 Å². The maximum atomic E-state index is 12.5. The van der Waals surface area contributed by atoms with Crippen LogP contribution in [0, 0.1) is 34.5 Å². The average Bonchev–Trinajstić information content (AvgIpc) is 3.63. The number of rotatable bonds is 7. The molecule has 7 rings (SSSR count). The summed E-state index contributed by atoms with van der Waals surface area (Å²) in [5.41, 5.74) is -0.0991. The molecular weight excluding hydrogens is 644 g/mol. The van der Waals surface area contributed by atoms with Gasteiger partial charge >= 0.3 is 5.97 Å². The van der Waals surface area contributed by atoms with Gasteiger partial charge in [0.2, 0.25) is 0 Å². The third kappa shape index (κ3) is 5.82. The van der Waals surface area contributed by atoms with Gasteiger partial charge in [-0.3, -0.25) is 0 Å². The predicted octanol–water partition coefficient (Wildman–Crippen LogP) is -0.747. The van der Waals surface area contributed by atoms with E-state index in [2.05, 4.69) is 13.8 Å². The number of ether oxygens (including phenoxy) is 5. The smallest absolute Gasteiger partial charge is 0.331 e. The molecule has 14 nitrogen and oxygen atoms in total. The Hall–Kier alpha value is -1.27. The number of esters is 1. The molecule has 0 aromatic heterocycles. The lowest BCUT2D eigenvalue weighted by molar-refractivity contribution is -0.338. The van der Waals surface area contributed by atoms with E-state index in [1.54, 1.807) is 6.08 Å². The van der Waals surface area contributed by atoms with Crippen molar-refractivity contribution in [3.8, 4) is 0 Å². The molecular formula is C35H54O14. The third-order valence-electron chi connectivity index (χ3n) is 14.2. The summed E-state index contributed by atoms with van der Waals surface area (Å²) in [5.74, 6) is 0.683. The van der Waals surface area contributed by atoms with E-state index in [0.29, 0.717) is 24.9 Å². The lowest BCUT2D eigenvalue weighted by Crippen LogP contribution is -2.63. The minimum Gasteiger partial charge on any atom is -0.458 e. The van der Waals surface area contributed by atoms with Gasteiger partial charge < -0.3 is 64.5 Å². The van der Waals surface area contributed by atoms with Gasteiger partial charge in [0.05, 0.1) is 24.9 Å². The van der Waals surface area contributed by atoms with E-state index in [1.165, 1.54) is 0 Å². The highest BCUT2D eigenvalue weighted by Crippen LogP contribution is 2.70. The van der Waals surface area contributed by atoms with Gasteiger partial charge in [0.15, 0.2) is 12.6 Å². The second-order valence-electron chi connectivity index (χ2n) is 16.4. The Bertz CT molecular complexity index is 1260. The fourth-order valence-electron chi connectivity index (χ4n) is 11.2. The number of fused-ring (bicyclic) bond motifs is 5. The van der Waals surface area contributed by atoms with Crippen LogP contribution in [0.3, 0.4) is 0 Å². The molecule has 0 aromatic rings. The van der Waals surface area contributed by atoms with Crippen molar-refractivity contribution in [2.45, 2.75) is 145 Å². The van der Waals surface area contributed by atoms with Crippen LogP contribution in [0.15, 0.2) is 11.6 Å². The van der Waals surface area contributed by atoms with Crippen LogP contribution in [-0.4, -0.2) is 140 Å². The number of carbonyl (C=O) groups excluding carboxylic acids is 1. The van der Waals surface area contributed by atoms with E-state index >= 15 is 0 Å². The quantitative estimate of drug-likeness (QED) is 0.121. The molecule has 4 aliphatic carbocycles. The molecule has 6 fully saturated rings. The summed E-state index contributed by atoms with van der Waals surface area (Å²) < 4.78 is 28.4. The molecule has 4 saturated carbocycles. The highest BCUT2D eigenvalue weighted by atomic mass is 16.7. The van der Waals surface area contributed by atoms with Crippen molar-refractivity contribution in [3.63, 3.8) is 0 Å². The van der Waals surface area contributed by atoms with Crippen molar-refractivity contribution < 1.29 is 69.3 Å². The van der Waals surface area contributed by atoms with E-state index in [4.69, 9.17) is 23.7 Å². The van der Waals surface area contributed by atoms with Gasteiger partial charge in [0.25, 0.3) is 0 Å². The summed E-state index contributed by atoms with van der Waals surface area (Å²) in [6, 6.07) is 0. The monoisotopic (exact) mass is 698 g/mol. The molecule has 49 heavy (non-hydrogen) atoms. The van der Waals surface area contributed by atoms with Crippen molar-refractivity contribution in [2.24, 2.45) is 34.5 Å². The first kappa shape index (κ1) is 36.1. The molecule has 17 unspecified atom stereocenters. The summed E-state index contributed by atoms with van der Waals surface area (Å²) in [5, 5.41) is 84.5. The van der Waals surface area contributed by atoms with Crippen molar-refractivity contribution in [3.05, 3.63) is 11.6 Å². The third-order valence-corrected chi connectivity index (χ3v) is 14.2. The second-order valence-corrected chi connectivity index (χ2v) is 16.4. The molecule has 0 amide bonds. The Morgan fingerprint density at radius 3 is 2.18 bits per heavy atom. The van der Waals surface area contributed by atoms with Crippen LogP contribution in [0.2, 0.25) is 0 Å². The van der Waals surface area contributed by atoms with Gasteiger partial charge in [0.1, 0.15) is 55.4 Å². The topological polar surface area (TPSA) is 225 Å². The average molecular weight is 699 g/mol. The first-order valence-electron chi connectivity index (χ1n) is 18.1. The van der Waals surface area contributed by atoms with Crippen LogP contribution in [0.25, 0.3) is 0 Å². The molecule has 3 heterocycles. The van der Waals surface area contributed by atoms with Gasteiger partial charge in [-0.15, -0.1) is 0 Å². The van der Waals surface area contributed by atoms with Gasteiger partial charge in [-0.2, -0.15) is 0 Å². The summed E-state index contributed by atoms with van der Waals surface area (Å²) in [4.78, 5) is 11.9. The van der Waals surface area contributed by atoms with Gasteiger partial charge in [-0.25, -0.2) is 4.79 Å². The first-order chi connectivity index (χ1) is 23.2. The van der Waals surface area contributed by atoms with Crippen molar-refractivity contribution in [1.82, 2.24) is 0 Å². The number of carbonyl (C=O) groups is 1. The zero-order valence-corrected chi connectivity index (χ0v) is 28.3. The maximum Gasteiger partial charge on any atom is 0.331 e. The van der Waals surface area contributed by atoms with Crippen LogP contribution in [0.4, 0.5) is 0 Å². The van der Waals surface area contributed by atoms with Gasteiger partial charge in [-0.05, 0) is 92.4 Å². The summed E-state index contributed by atoms with van der Waals surface area (Å²) >= 11 is 0. The van der Waals surface area contributed by atoms with E-state index in [0.717, 1.165) is 56.9 Å². The first-order valence-corrected chi connectivity index (χ1v) is 18.1. The molecule has 18 atom stereocenters. The van der Waals surface area contributed by atoms with Crippen LogP contribution in [0.5, 0.6) is 0 Å². The lowest BCUT2D eigenvalue weighted by Gasteiger charge is -2.64. The number of cyclic esters (lactones) is 1. The number of hydrogen-bond acceptors (Lipinski definition) is 14. The molecule has 3 aliphatic heterocycles. The standard InChI is InChI=1S/C35H54O14/c1-33-8-5-18(47-32-30(43)28(41)26(39)23(49-32)15-46-31-29(42)27(40)25(38)22(13-36)48-31)12-17(33)3-4-21-20(33)6-9-34(2)19(7-10-35(21,34)44)16-11-24(37)45-14-16/h11,17-23,25-32,36,38-44H,3-10,12-15H2,1-2H3/t17-,18?,19?,20?,21?,22?,23?,25?,26?,27?,28?,29?,30?,31?,32?,33?,34?,35?/m0/s1. The molecule has 0 radical (unpaired) electrons. The fraction of sp³-hybridized carbons (Fsp3) is 0.914. The molecule has 7 aliphatic rings. The zero-order valence-electron chi connectivity index (χ0n) is 28.3. The molecule has 0 spiro atoms. The van der Waals surface area contributed by atoms with E-state index in [1.807, 2.05) is 0 Å². The van der Waals surface area contributed by atoms with E-state index in [-0.39, 0.29) is 34.7 Å². The SMILES string of the molecule is CC12CCC(OC3OC(COC4OC(CO)C(O)C(O)C4O)C(O)C(O)C3O)C[C@@H]1CCC1C2CCC2(C)C(C3=CC(=O)OC3)CCC12O. The van der Waals surface area contributed by atoms with Crippen LogP contribution in [-0.2, 0) is 28.5 Å². The Balaban J connectivity index is 0.982. The van der Waals surface area contributed by atoms with Gasteiger partial charge in [0, 0.05) is 11.5 Å². The van der Waals surface area contributed by atoms with Gasteiger partial charge in [-0.1, -0.05) is 13.8 Å². The number of hydrogen-bond donors (Lipinski definition) is 8. The number of aliphatic hydroxyl groups is 8. The lowest BCUT2D eigenvalue weighted by atomic mass is 9.43. The Labute approximate surface area is 285 Å². The summed E-state index contributed by atoms with van der Waals surface area (Å²) in [7, 11) is 0. The largest absolute Gasteiger partial charge is 0.458 e. The van der Waals surface area contributed by atoms with Crippen LogP contribution in [0.1, 0.15) is 71.6 Å². The minimum absolute atomic E-state index is 0.00679. The predicted molar refractivity (Wildman–Crippen MR) is 167 cm³/mol. The van der Waals surface area contributed by atoms with Crippen molar-refractivity contribution >= 4 is 5.97 Å². The van der Waals surface area contributed by atoms with Crippen molar-refractivity contribution in [1.29, 1.82) is 0 Å². The minimum atomic E-state index is -1.65. The Morgan fingerprint density at radius 2 is 1.49 bits per heavy atom. The molecule has 278 valence electrons. The van der Waals surface area contributed by atoms with Crippen LogP contribution < -0.4 is 0 Å². The number of aliphatic hydroxyl groups excluding tert-OH is 7. The summed E-state index contributed by atoms with van der Waals surface area (Å²) in [6.45, 7) is 3.85. The Kier molecular flexibility index (Phi) is 9.80. The fourth-order valence-corrected chi connectivity index (χ4v) is 11.2. The zero-order chi connectivity index (χ0) is 35.0. The highest BCUT2D eigenvalue weighted by molar-refractivity contribution is 5.85. The Morgan fingerprint density at radius 1 is 0.796 bits per heavy atom. The molecule has 8 N–H and O–H groups in total. The summed E-state index contributed by atoms with van der Waals surface area (Å²) in [6.07, 6.45) is -5.68. The highest BCUT2D eigenvalue weighted by Gasteiger charge is 2.68. The van der Waals surface area contributed by atoms with E-state index in [9.17, 15) is 45.6 Å². The second kappa shape index (κ2) is 13.3. The molecule has 14 heteroatoms. The maximum absolute atomic E-state index is 12.5. The molecule has 0 bridgehead atoms. The molecule has 0 aromatic carbocycles. The van der Waals surface area contributed by atoms with Crippen molar-refractivity contribution in [2.75, 3.05) is 19.8 Å². The normalized spacial score (nSPS) is 54.4.